The molecule has 346 valence electrons. The van der Waals surface area contributed by atoms with Gasteiger partial charge in [-0.15, -0.1) is 0 Å². The molecular formula is C45H49F4N7O9. The number of nitrogens with one attached hydrogen (secondary N) is 3. The fourth-order valence-corrected chi connectivity index (χ4v) is 7.96. The molecule has 0 spiro atoms. The molecule has 3 N–H and O–H groups in total. The molecule has 1 unspecified atom stereocenters. The van der Waals surface area contributed by atoms with Gasteiger partial charge in [-0.05, 0) is 57.4 Å². The number of hydrogen-bond acceptors (Lipinski definition) is 13. The second kappa shape index (κ2) is 19.4. The van der Waals surface area contributed by atoms with E-state index < -0.39 is 53.3 Å². The summed E-state index contributed by atoms with van der Waals surface area (Å²) in [5, 5.41) is 8.84. The summed E-state index contributed by atoms with van der Waals surface area (Å²) in [4.78, 5) is 74.9. The van der Waals surface area contributed by atoms with Gasteiger partial charge in [-0.3, -0.25) is 34.2 Å². The van der Waals surface area contributed by atoms with Crippen molar-refractivity contribution >= 4 is 51.9 Å². The number of fused-ring (bicyclic) bond motifs is 2. The van der Waals surface area contributed by atoms with Crippen molar-refractivity contribution in [2.24, 2.45) is 5.41 Å². The molecule has 2 atom stereocenters. The van der Waals surface area contributed by atoms with Crippen LogP contribution in [0, 0.1) is 18.2 Å². The van der Waals surface area contributed by atoms with Crippen LogP contribution in [0.1, 0.15) is 82.7 Å². The zero-order valence-electron chi connectivity index (χ0n) is 36.2. The lowest BCUT2D eigenvalue weighted by atomic mass is 10.0. The average Bonchev–Trinajstić information content (AvgIpc) is 3.98. The number of amides is 5. The van der Waals surface area contributed by atoms with Crippen molar-refractivity contribution in [1.82, 2.24) is 25.1 Å². The quantitative estimate of drug-likeness (QED) is 0.0546. The molecule has 1 aliphatic carbocycles. The highest BCUT2D eigenvalue weighted by molar-refractivity contribution is 6.25. The Labute approximate surface area is 371 Å². The SMILES string of the molecule is COc1cc2nc(C)nc(N[C@H](C)c3cccc(C(F)(F)F)c3F)c2cc1OCC1(CN(C)C(=O)CCOCCOCCNc2cccc3c2C(=O)N(C2CCC(=O)NC2=O)C3=O)CC1. The second-order valence-electron chi connectivity index (χ2n) is 16.3. The van der Waals surface area contributed by atoms with E-state index in [9.17, 15) is 37.1 Å². The monoisotopic (exact) mass is 907 g/mol. The number of carbonyl (C=O) groups is 5. The lowest BCUT2D eigenvalue weighted by molar-refractivity contribution is -0.140. The first-order valence-corrected chi connectivity index (χ1v) is 21.1. The Morgan fingerprint density at radius 2 is 1.74 bits per heavy atom. The van der Waals surface area contributed by atoms with E-state index in [0.29, 0.717) is 53.1 Å². The number of ether oxygens (including phenoxy) is 4. The molecule has 3 aromatic carbocycles. The van der Waals surface area contributed by atoms with Crippen molar-refractivity contribution in [1.29, 1.82) is 0 Å². The van der Waals surface area contributed by atoms with Gasteiger partial charge >= 0.3 is 6.18 Å². The van der Waals surface area contributed by atoms with Crippen LogP contribution in [0.15, 0.2) is 48.5 Å². The maximum atomic E-state index is 15.0. The molecule has 5 amide bonds. The zero-order chi connectivity index (χ0) is 46.6. The van der Waals surface area contributed by atoms with E-state index in [2.05, 4.69) is 25.9 Å². The molecule has 3 heterocycles. The molecule has 20 heteroatoms. The molecule has 7 rings (SSSR count). The average molecular weight is 908 g/mol. The summed E-state index contributed by atoms with van der Waals surface area (Å²) in [6, 6.07) is 9.35. The Morgan fingerprint density at radius 3 is 2.45 bits per heavy atom. The molecule has 0 radical (unpaired) electrons. The number of imide groups is 2. The fourth-order valence-electron chi connectivity index (χ4n) is 7.96. The van der Waals surface area contributed by atoms with Gasteiger partial charge in [0.25, 0.3) is 11.8 Å². The Bertz CT molecular complexity index is 2500. The minimum atomic E-state index is -4.85. The topological polar surface area (TPSA) is 191 Å². The largest absolute Gasteiger partial charge is 0.493 e. The third-order valence-electron chi connectivity index (χ3n) is 11.6. The summed E-state index contributed by atoms with van der Waals surface area (Å²) in [5.74, 6) is -2.39. The molecule has 65 heavy (non-hydrogen) atoms. The first-order chi connectivity index (χ1) is 31.0. The highest BCUT2D eigenvalue weighted by atomic mass is 19.4. The molecule has 16 nitrogen and oxygen atoms in total. The molecule has 1 aromatic heterocycles. The van der Waals surface area contributed by atoms with Gasteiger partial charge in [0.1, 0.15) is 23.5 Å². The normalized spacial score (nSPS) is 17.2. The molecule has 4 aromatic rings. The Balaban J connectivity index is 0.844. The number of methoxy groups -OCH3 is 1. The van der Waals surface area contributed by atoms with Crippen molar-refractivity contribution in [2.75, 3.05) is 70.9 Å². The Kier molecular flexibility index (Phi) is 13.9. The van der Waals surface area contributed by atoms with Crippen molar-refractivity contribution in [3.63, 3.8) is 0 Å². The van der Waals surface area contributed by atoms with Crippen LogP contribution in [0.25, 0.3) is 10.9 Å². The minimum absolute atomic E-state index is 0.0290. The summed E-state index contributed by atoms with van der Waals surface area (Å²) in [7, 11) is 3.21. The van der Waals surface area contributed by atoms with Gasteiger partial charge in [0.15, 0.2) is 11.5 Å². The van der Waals surface area contributed by atoms with Crippen LogP contribution >= 0.6 is 0 Å². The molecule has 2 fully saturated rings. The van der Waals surface area contributed by atoms with Crippen LogP contribution in [0.4, 0.5) is 29.1 Å². The van der Waals surface area contributed by atoms with E-state index in [0.717, 1.165) is 23.8 Å². The first kappa shape index (κ1) is 46.6. The van der Waals surface area contributed by atoms with Crippen LogP contribution in [-0.4, -0.2) is 116 Å². The number of carbonyl (C=O) groups excluding carboxylic acids is 5. The number of aryl methyl sites for hydroxylation is 1. The van der Waals surface area contributed by atoms with Crippen LogP contribution in [-0.2, 0) is 30.0 Å². The smallest absolute Gasteiger partial charge is 0.419 e. The van der Waals surface area contributed by atoms with Crippen LogP contribution in [0.3, 0.4) is 0 Å². The number of anilines is 2. The predicted octanol–water partition coefficient (Wildman–Crippen LogP) is 5.83. The van der Waals surface area contributed by atoms with Gasteiger partial charge in [0, 0.05) is 54.7 Å². The summed E-state index contributed by atoms with van der Waals surface area (Å²) >= 11 is 0. The molecule has 0 bridgehead atoms. The van der Waals surface area contributed by atoms with Gasteiger partial charge in [0.05, 0.1) is 74.8 Å². The van der Waals surface area contributed by atoms with Crippen molar-refractivity contribution in [3.05, 3.63) is 82.4 Å². The van der Waals surface area contributed by atoms with Gasteiger partial charge in [-0.25, -0.2) is 14.4 Å². The number of aromatic nitrogens is 2. The highest BCUT2D eigenvalue weighted by Gasteiger charge is 2.47. The third-order valence-corrected chi connectivity index (χ3v) is 11.6. The van der Waals surface area contributed by atoms with E-state index >= 15 is 4.39 Å². The lowest BCUT2D eigenvalue weighted by Gasteiger charge is -2.27. The summed E-state index contributed by atoms with van der Waals surface area (Å²) < 4.78 is 78.6. The summed E-state index contributed by atoms with van der Waals surface area (Å²) in [5.41, 5.74) is -0.603. The number of nitrogens with zero attached hydrogens (tertiary/aromatic N) is 4. The Hall–Kier alpha value is -6.41. The number of benzene rings is 3. The number of halogens is 4. The minimum Gasteiger partial charge on any atom is -0.493 e. The summed E-state index contributed by atoms with van der Waals surface area (Å²) in [6.07, 6.45) is -2.97. The van der Waals surface area contributed by atoms with Crippen LogP contribution in [0.2, 0.25) is 0 Å². The van der Waals surface area contributed by atoms with Gasteiger partial charge in [0.2, 0.25) is 17.7 Å². The molecule has 1 saturated carbocycles. The number of hydrogen-bond donors (Lipinski definition) is 3. The summed E-state index contributed by atoms with van der Waals surface area (Å²) in [6.45, 7) is 5.11. The highest BCUT2D eigenvalue weighted by Crippen LogP contribution is 2.47. The van der Waals surface area contributed by atoms with Gasteiger partial charge in [-0.2, -0.15) is 13.2 Å². The molecule has 2 aliphatic heterocycles. The Morgan fingerprint density at radius 1 is 1.00 bits per heavy atom. The van der Waals surface area contributed by atoms with Gasteiger partial charge in [-0.1, -0.05) is 18.2 Å². The second-order valence-corrected chi connectivity index (χ2v) is 16.3. The van der Waals surface area contributed by atoms with Crippen molar-refractivity contribution in [2.45, 2.75) is 64.2 Å². The standard InChI is InChI=1S/C45H49F4N7O9/c1-25(27-7-5-9-30(39(27)46)45(47,48)49)51-40-29-21-35(34(62-4)22-32(29)52-26(2)53-40)65-24-44(14-15-44)23-55(3)37(58)13-17-63-19-20-64-18-16-50-31-10-6-8-28-38(31)43(61)56(42(28)60)33-11-12-36(57)54-41(33)59/h5-10,21-22,25,33,50H,11-20,23-24H2,1-4H3,(H,51,52,53)(H,54,57,59)/t25-,33?/m1/s1. The number of rotatable bonds is 20. The fraction of sp³-hybridized carbons (Fsp3) is 0.444. The number of piperidine rings is 1. The molecular weight excluding hydrogens is 859 g/mol. The van der Waals surface area contributed by atoms with Crippen molar-refractivity contribution < 1.29 is 60.5 Å². The van der Waals surface area contributed by atoms with Gasteiger partial charge < -0.3 is 34.5 Å². The zero-order valence-corrected chi connectivity index (χ0v) is 36.2. The number of alkyl halides is 3. The molecule has 1 saturated heterocycles. The van der Waals surface area contributed by atoms with Crippen LogP contribution < -0.4 is 25.4 Å². The van der Waals surface area contributed by atoms with E-state index in [1.807, 2.05) is 0 Å². The van der Waals surface area contributed by atoms with Crippen molar-refractivity contribution in [3.8, 4) is 11.5 Å². The van der Waals surface area contributed by atoms with E-state index in [1.165, 1.54) is 26.2 Å². The maximum absolute atomic E-state index is 15.0. The third kappa shape index (κ3) is 10.4. The first-order valence-electron chi connectivity index (χ1n) is 21.1. The van der Waals surface area contributed by atoms with E-state index in [4.69, 9.17) is 18.9 Å². The maximum Gasteiger partial charge on any atom is 0.419 e. The molecule has 3 aliphatic rings. The van der Waals surface area contributed by atoms with E-state index in [-0.39, 0.29) is 86.1 Å². The predicted molar refractivity (Wildman–Crippen MR) is 227 cm³/mol. The lowest BCUT2D eigenvalue weighted by Crippen LogP contribution is -2.54. The van der Waals surface area contributed by atoms with Crippen LogP contribution in [0.5, 0.6) is 11.5 Å². The van der Waals surface area contributed by atoms with E-state index in [1.54, 1.807) is 43.1 Å².